The third kappa shape index (κ3) is 3.30. The quantitative estimate of drug-likeness (QED) is 0.347. The van der Waals surface area contributed by atoms with Crippen molar-refractivity contribution >= 4 is 0 Å². The van der Waals surface area contributed by atoms with E-state index in [1.54, 1.807) is 0 Å². The van der Waals surface area contributed by atoms with Crippen molar-refractivity contribution in [1.29, 1.82) is 0 Å². The molecule has 0 N–H and O–H groups in total. The number of rotatable bonds is 4. The Morgan fingerprint density at radius 3 is 3.00 bits per heavy atom. The first-order chi connectivity index (χ1) is 5.43. The van der Waals surface area contributed by atoms with E-state index in [-0.39, 0.29) is 0 Å². The van der Waals surface area contributed by atoms with E-state index in [1.807, 2.05) is 0 Å². The molecule has 1 aliphatic carbocycles. The molecular formula is C9H15NO. The van der Waals surface area contributed by atoms with Crippen LogP contribution in [0.1, 0.15) is 32.1 Å². The van der Waals surface area contributed by atoms with E-state index >= 15 is 0 Å². The van der Waals surface area contributed by atoms with Crippen LogP contribution in [0.2, 0.25) is 0 Å². The number of hydrogen-bond acceptors (Lipinski definition) is 2. The summed E-state index contributed by atoms with van der Waals surface area (Å²) in [7, 11) is 0. The minimum atomic E-state index is 0.500. The van der Waals surface area contributed by atoms with E-state index in [1.165, 1.54) is 25.7 Å². The average Bonchev–Trinajstić information content (AvgIpc) is 2.07. The third-order valence-electron chi connectivity index (χ3n) is 2.24. The van der Waals surface area contributed by atoms with E-state index in [0.717, 1.165) is 12.3 Å². The summed E-state index contributed by atoms with van der Waals surface area (Å²) in [6.07, 6.45) is 10.4. The molecule has 2 nitrogen and oxygen atoms in total. The maximum absolute atomic E-state index is 9.78. The van der Waals surface area contributed by atoms with Crippen LogP contribution in [0.4, 0.5) is 0 Å². The van der Waals surface area contributed by atoms with Gasteiger partial charge in [0.25, 0.3) is 0 Å². The molecule has 1 rings (SSSR count). The summed E-state index contributed by atoms with van der Waals surface area (Å²) in [6.45, 7) is 0.500. The molecule has 0 spiro atoms. The number of allylic oxidation sites excluding steroid dienone is 2. The maximum atomic E-state index is 9.78. The van der Waals surface area contributed by atoms with Crippen molar-refractivity contribution in [3.05, 3.63) is 17.1 Å². The first-order valence-electron chi connectivity index (χ1n) is 4.37. The number of nitrogens with zero attached hydrogens (tertiary/aromatic N) is 1. The van der Waals surface area contributed by atoms with Gasteiger partial charge in [0.1, 0.15) is 0 Å². The summed E-state index contributed by atoms with van der Waals surface area (Å²) >= 11 is 0. The van der Waals surface area contributed by atoms with Crippen molar-refractivity contribution in [1.82, 2.24) is 0 Å². The molecule has 1 unspecified atom stereocenters. The fourth-order valence-corrected chi connectivity index (χ4v) is 1.56. The zero-order valence-electron chi connectivity index (χ0n) is 6.83. The molecule has 1 aliphatic rings. The molecule has 0 saturated heterocycles. The molecule has 11 heavy (non-hydrogen) atoms. The van der Waals surface area contributed by atoms with Gasteiger partial charge in [-0.25, -0.2) is 0 Å². The van der Waals surface area contributed by atoms with Gasteiger partial charge in [0, 0.05) is 0 Å². The van der Waals surface area contributed by atoms with Crippen LogP contribution in [0.3, 0.4) is 0 Å². The van der Waals surface area contributed by atoms with Crippen LogP contribution in [0.5, 0.6) is 0 Å². The molecule has 0 saturated carbocycles. The lowest BCUT2D eigenvalue weighted by atomic mass is 9.90. The molecule has 0 fully saturated rings. The van der Waals surface area contributed by atoms with E-state index in [2.05, 4.69) is 17.3 Å². The van der Waals surface area contributed by atoms with E-state index in [4.69, 9.17) is 0 Å². The van der Waals surface area contributed by atoms with Gasteiger partial charge in [-0.2, -0.15) is 4.91 Å². The fraction of sp³-hybridized carbons (Fsp3) is 0.778. The lowest BCUT2D eigenvalue weighted by Crippen LogP contribution is -2.02. The molecule has 2 heteroatoms. The first kappa shape index (κ1) is 8.44. The van der Waals surface area contributed by atoms with Crippen LogP contribution in [-0.4, -0.2) is 6.54 Å². The maximum Gasteiger partial charge on any atom is 0.0811 e. The Kier molecular flexibility index (Phi) is 3.87. The lowest BCUT2D eigenvalue weighted by molar-refractivity contribution is 0.435. The van der Waals surface area contributed by atoms with Gasteiger partial charge in [-0.3, -0.25) is 0 Å². The lowest BCUT2D eigenvalue weighted by Gasteiger charge is -2.16. The van der Waals surface area contributed by atoms with Crippen molar-refractivity contribution in [2.24, 2.45) is 11.1 Å². The summed E-state index contributed by atoms with van der Waals surface area (Å²) in [6, 6.07) is 0. The minimum absolute atomic E-state index is 0.500. The van der Waals surface area contributed by atoms with Crippen molar-refractivity contribution < 1.29 is 0 Å². The molecule has 1 atom stereocenters. The van der Waals surface area contributed by atoms with Gasteiger partial charge in [0.15, 0.2) is 0 Å². The number of hydrogen-bond donors (Lipinski definition) is 0. The van der Waals surface area contributed by atoms with Crippen LogP contribution < -0.4 is 0 Å². The van der Waals surface area contributed by atoms with Crippen molar-refractivity contribution in [2.45, 2.75) is 32.1 Å². The Balaban J connectivity index is 2.06. The number of nitroso groups, excluding NO2 is 1. The molecule has 0 bridgehead atoms. The van der Waals surface area contributed by atoms with Gasteiger partial charge in [0.2, 0.25) is 0 Å². The zero-order chi connectivity index (χ0) is 7.94. The standard InChI is InChI=1S/C9H15NO/c11-10-8-4-7-9-5-2-1-3-6-9/h1-2,9H,3-8H2. The Hall–Kier alpha value is -0.660. The highest BCUT2D eigenvalue weighted by atomic mass is 16.3. The second-order valence-electron chi connectivity index (χ2n) is 3.15. The highest BCUT2D eigenvalue weighted by Crippen LogP contribution is 2.22. The Labute approximate surface area is 67.7 Å². The van der Waals surface area contributed by atoms with Gasteiger partial charge in [-0.1, -0.05) is 17.3 Å². The van der Waals surface area contributed by atoms with Crippen molar-refractivity contribution in [2.75, 3.05) is 6.54 Å². The summed E-state index contributed by atoms with van der Waals surface area (Å²) in [5, 5.41) is 2.85. The van der Waals surface area contributed by atoms with Gasteiger partial charge in [0.05, 0.1) is 6.54 Å². The van der Waals surface area contributed by atoms with Gasteiger partial charge < -0.3 is 0 Å². The fourth-order valence-electron chi connectivity index (χ4n) is 1.56. The average molecular weight is 153 g/mol. The molecule has 0 aliphatic heterocycles. The second-order valence-corrected chi connectivity index (χ2v) is 3.15. The van der Waals surface area contributed by atoms with Crippen LogP contribution in [-0.2, 0) is 0 Å². The Morgan fingerprint density at radius 1 is 1.45 bits per heavy atom. The van der Waals surface area contributed by atoms with Gasteiger partial charge in [-0.15, -0.1) is 0 Å². The molecule has 0 radical (unpaired) electrons. The second kappa shape index (κ2) is 5.05. The summed E-state index contributed by atoms with van der Waals surface area (Å²) in [5.41, 5.74) is 0. The topological polar surface area (TPSA) is 29.4 Å². The molecule has 62 valence electrons. The third-order valence-corrected chi connectivity index (χ3v) is 2.24. The Morgan fingerprint density at radius 2 is 2.36 bits per heavy atom. The molecule has 0 aromatic rings. The van der Waals surface area contributed by atoms with Crippen LogP contribution in [0.15, 0.2) is 17.3 Å². The predicted octanol–water partition coefficient (Wildman–Crippen LogP) is 2.89. The first-order valence-corrected chi connectivity index (χ1v) is 4.37. The van der Waals surface area contributed by atoms with Crippen molar-refractivity contribution in [3.63, 3.8) is 0 Å². The zero-order valence-corrected chi connectivity index (χ0v) is 6.83. The summed E-state index contributed by atoms with van der Waals surface area (Å²) in [5.74, 6) is 0.821. The summed E-state index contributed by atoms with van der Waals surface area (Å²) in [4.78, 5) is 9.78. The molecular weight excluding hydrogens is 138 g/mol. The smallest absolute Gasteiger partial charge is 0.0811 e. The van der Waals surface area contributed by atoms with Crippen LogP contribution >= 0.6 is 0 Å². The van der Waals surface area contributed by atoms with Crippen LogP contribution in [0.25, 0.3) is 0 Å². The summed E-state index contributed by atoms with van der Waals surface area (Å²) < 4.78 is 0. The van der Waals surface area contributed by atoms with E-state index in [0.29, 0.717) is 6.54 Å². The molecule has 0 heterocycles. The highest BCUT2D eigenvalue weighted by molar-refractivity contribution is 4.89. The normalized spacial score (nSPS) is 23.5. The Bertz CT molecular complexity index is 142. The highest BCUT2D eigenvalue weighted by Gasteiger charge is 2.08. The van der Waals surface area contributed by atoms with Gasteiger partial charge in [-0.05, 0) is 38.0 Å². The molecule has 0 aromatic carbocycles. The van der Waals surface area contributed by atoms with Gasteiger partial charge >= 0.3 is 0 Å². The van der Waals surface area contributed by atoms with E-state index < -0.39 is 0 Å². The molecule has 0 aromatic heterocycles. The SMILES string of the molecule is O=NCCCC1CC=CCC1. The monoisotopic (exact) mass is 153 g/mol. The van der Waals surface area contributed by atoms with Crippen molar-refractivity contribution in [3.8, 4) is 0 Å². The van der Waals surface area contributed by atoms with E-state index in [9.17, 15) is 4.91 Å². The predicted molar refractivity (Wildman–Crippen MR) is 46.4 cm³/mol. The van der Waals surface area contributed by atoms with Crippen LogP contribution in [0, 0.1) is 10.8 Å². The minimum Gasteiger partial charge on any atom is -0.151 e. The largest absolute Gasteiger partial charge is 0.151 e. The molecule has 0 amide bonds.